The van der Waals surface area contributed by atoms with Crippen molar-refractivity contribution in [3.8, 4) is 0 Å². The second-order valence-electron chi connectivity index (χ2n) is 7.46. The lowest BCUT2D eigenvalue weighted by molar-refractivity contribution is -0.139. The van der Waals surface area contributed by atoms with E-state index in [1.165, 1.54) is 0 Å². The summed E-state index contributed by atoms with van der Waals surface area (Å²) in [7, 11) is 0. The van der Waals surface area contributed by atoms with Crippen molar-refractivity contribution in [1.82, 2.24) is 5.32 Å². The van der Waals surface area contributed by atoms with Crippen LogP contribution in [0.15, 0.2) is 54.6 Å². The number of carbonyl (C=O) groups is 2. The van der Waals surface area contributed by atoms with Gasteiger partial charge in [-0.05, 0) is 47.5 Å². The van der Waals surface area contributed by atoms with Crippen molar-refractivity contribution in [1.29, 1.82) is 0 Å². The number of nitrogens with one attached hydrogen (secondary N) is 1. The van der Waals surface area contributed by atoms with Crippen LogP contribution in [0.3, 0.4) is 0 Å². The van der Waals surface area contributed by atoms with E-state index in [1.807, 2.05) is 12.1 Å². The molecule has 1 amide bonds. The van der Waals surface area contributed by atoms with Crippen molar-refractivity contribution in [2.24, 2.45) is 5.73 Å². The summed E-state index contributed by atoms with van der Waals surface area (Å²) in [4.78, 5) is 25.8. The van der Waals surface area contributed by atoms with Crippen LogP contribution in [0, 0.1) is 11.6 Å². The predicted octanol–water partition coefficient (Wildman–Crippen LogP) is 3.21. The molecule has 32 heavy (non-hydrogen) atoms. The number of benzene rings is 3. The summed E-state index contributed by atoms with van der Waals surface area (Å²) in [5, 5.41) is 11.6. The normalized spacial score (nSPS) is 12.8. The average molecular weight is 438 g/mol. The molecule has 164 valence electrons. The highest BCUT2D eigenvalue weighted by molar-refractivity contribution is 6.02. The molecule has 1 aliphatic heterocycles. The third-order valence-electron chi connectivity index (χ3n) is 5.24. The monoisotopic (exact) mass is 438 g/mol. The van der Waals surface area contributed by atoms with Gasteiger partial charge in [0, 0.05) is 18.7 Å². The third kappa shape index (κ3) is 4.10. The Morgan fingerprint density at radius 2 is 1.59 bits per heavy atom. The van der Waals surface area contributed by atoms with Gasteiger partial charge >= 0.3 is 5.97 Å². The number of anilines is 4. The average Bonchev–Trinajstić information content (AvgIpc) is 3.47. The van der Waals surface area contributed by atoms with Crippen LogP contribution in [0.1, 0.15) is 21.5 Å². The molecule has 4 rings (SSSR count). The van der Waals surface area contributed by atoms with Crippen molar-refractivity contribution in [2.45, 2.75) is 19.0 Å². The van der Waals surface area contributed by atoms with Gasteiger partial charge < -0.3 is 26.8 Å². The van der Waals surface area contributed by atoms with Crippen LogP contribution >= 0.6 is 0 Å². The summed E-state index contributed by atoms with van der Waals surface area (Å²) in [5.41, 5.74) is 14.1. The number of amides is 1. The first kappa shape index (κ1) is 21.3. The fourth-order valence-electron chi connectivity index (χ4n) is 3.53. The fraction of sp³-hybridized carbons (Fsp3) is 0.130. The summed E-state index contributed by atoms with van der Waals surface area (Å²) in [6, 6.07) is 12.5. The van der Waals surface area contributed by atoms with Crippen LogP contribution < -0.4 is 21.7 Å². The molecule has 0 saturated heterocycles. The number of hydrogen-bond donors (Lipinski definition) is 4. The Kier molecular flexibility index (Phi) is 5.50. The van der Waals surface area contributed by atoms with Crippen LogP contribution in [0.2, 0.25) is 0 Å². The Bertz CT molecular complexity index is 1190. The molecule has 0 unspecified atom stereocenters. The van der Waals surface area contributed by atoms with Crippen molar-refractivity contribution >= 4 is 34.6 Å². The topological polar surface area (TPSA) is 121 Å². The summed E-state index contributed by atoms with van der Waals surface area (Å²) in [6.07, 6.45) is -0.0742. The molecule has 0 bridgehead atoms. The van der Waals surface area contributed by atoms with Gasteiger partial charge in [0.15, 0.2) is 0 Å². The number of nitrogen functional groups attached to an aromatic ring is 1. The van der Waals surface area contributed by atoms with Crippen molar-refractivity contribution in [2.75, 3.05) is 10.6 Å². The van der Waals surface area contributed by atoms with Crippen molar-refractivity contribution < 1.29 is 23.5 Å². The van der Waals surface area contributed by atoms with Gasteiger partial charge in [0.25, 0.3) is 5.91 Å². The smallest absolute Gasteiger partial charge is 0.326 e. The van der Waals surface area contributed by atoms with Crippen LogP contribution in [-0.4, -0.2) is 23.0 Å². The second-order valence-corrected chi connectivity index (χ2v) is 7.46. The van der Waals surface area contributed by atoms with Gasteiger partial charge in [-0.2, -0.15) is 0 Å². The minimum atomic E-state index is -1.38. The number of aliphatic carboxylic acids is 1. The number of nitrogens with two attached hydrogens (primary N) is 2. The van der Waals surface area contributed by atoms with Crippen molar-refractivity contribution in [3.63, 3.8) is 0 Å². The first-order valence-electron chi connectivity index (χ1n) is 9.78. The largest absolute Gasteiger partial charge is 0.480 e. The van der Waals surface area contributed by atoms with E-state index in [9.17, 15) is 23.5 Å². The maximum atomic E-state index is 14.7. The van der Waals surface area contributed by atoms with E-state index in [0.717, 1.165) is 29.1 Å². The van der Waals surface area contributed by atoms with Gasteiger partial charge in [0.05, 0.1) is 17.1 Å². The number of carbonyl (C=O) groups excluding carboxylic acids is 1. The molecule has 0 fully saturated rings. The number of fused-ring (bicyclic) bond motifs is 1. The molecule has 3 aromatic rings. The maximum Gasteiger partial charge on any atom is 0.326 e. The maximum absolute atomic E-state index is 14.7. The second kappa shape index (κ2) is 8.27. The van der Waals surface area contributed by atoms with Crippen LogP contribution in [0.25, 0.3) is 0 Å². The Hall–Kier alpha value is -3.98. The summed E-state index contributed by atoms with van der Waals surface area (Å²) < 4.78 is 29.5. The number of carboxylic acids is 1. The van der Waals surface area contributed by atoms with Crippen LogP contribution in [0.5, 0.6) is 0 Å². The summed E-state index contributed by atoms with van der Waals surface area (Å²) >= 11 is 0. The number of halogens is 2. The number of rotatable bonds is 7. The Morgan fingerprint density at radius 1 is 0.969 bits per heavy atom. The van der Waals surface area contributed by atoms with Gasteiger partial charge in [-0.3, -0.25) is 4.79 Å². The Balaban J connectivity index is 1.53. The molecule has 7 nitrogen and oxygen atoms in total. The van der Waals surface area contributed by atoms with Crippen LogP contribution in [-0.2, 0) is 17.8 Å². The molecule has 1 atom stereocenters. The Morgan fingerprint density at radius 3 is 2.19 bits per heavy atom. The quantitative estimate of drug-likeness (QED) is 0.260. The van der Waals surface area contributed by atoms with Gasteiger partial charge in [-0.15, -0.1) is 0 Å². The highest BCUT2D eigenvalue weighted by Gasteiger charge is 2.33. The molecule has 1 aliphatic rings. The molecule has 0 aromatic heterocycles. The lowest BCUT2D eigenvalue weighted by Gasteiger charge is -2.16. The molecule has 6 N–H and O–H groups in total. The first-order chi connectivity index (χ1) is 15.3. The van der Waals surface area contributed by atoms with E-state index in [2.05, 4.69) is 5.32 Å². The molecule has 0 radical (unpaired) electrons. The van der Waals surface area contributed by atoms with E-state index >= 15 is 0 Å². The summed E-state index contributed by atoms with van der Waals surface area (Å²) in [6.45, 7) is 0.337. The zero-order valence-electron chi connectivity index (χ0n) is 16.8. The fourth-order valence-corrected chi connectivity index (χ4v) is 3.53. The third-order valence-corrected chi connectivity index (χ3v) is 5.24. The molecular weight excluding hydrogens is 418 g/mol. The van der Waals surface area contributed by atoms with E-state index in [-0.39, 0.29) is 12.1 Å². The molecule has 1 heterocycles. The van der Waals surface area contributed by atoms with Gasteiger partial charge in [0.1, 0.15) is 23.2 Å². The zero-order chi connectivity index (χ0) is 23.0. The highest BCUT2D eigenvalue weighted by atomic mass is 19.1. The minimum Gasteiger partial charge on any atom is -0.480 e. The SMILES string of the molecule is NCc1ccc2c(c1)N2c1cc(F)c(C(=O)N[C@@H](Cc2ccc(N)cc2)C(=O)O)c(F)c1. The van der Waals surface area contributed by atoms with E-state index in [1.54, 1.807) is 35.2 Å². The van der Waals surface area contributed by atoms with E-state index in [4.69, 9.17) is 11.5 Å². The standard InChI is InChI=1S/C23H20F2N4O3/c24-16-9-15(29-19-6-3-13(11-26)8-20(19)29)10-17(25)21(16)22(30)28-18(23(31)32)7-12-1-4-14(27)5-2-12/h1-6,8-10,18H,7,11,26-27H2,(H,28,30)(H,31,32)/t18-,29?/m0/s1. The van der Waals surface area contributed by atoms with E-state index < -0.39 is 35.1 Å². The number of nitrogens with zero attached hydrogens (tertiary/aromatic N) is 1. The lowest BCUT2D eigenvalue weighted by atomic mass is 10.0. The lowest BCUT2D eigenvalue weighted by Crippen LogP contribution is -2.43. The van der Waals surface area contributed by atoms with Gasteiger partial charge in [-0.25, -0.2) is 13.6 Å². The highest BCUT2D eigenvalue weighted by Crippen LogP contribution is 2.54. The zero-order valence-corrected chi connectivity index (χ0v) is 16.8. The molecule has 0 saturated carbocycles. The minimum absolute atomic E-state index is 0.0742. The summed E-state index contributed by atoms with van der Waals surface area (Å²) in [5.74, 6) is -4.66. The molecule has 9 heteroatoms. The molecule has 3 aromatic carbocycles. The van der Waals surface area contributed by atoms with Crippen LogP contribution in [0.4, 0.5) is 31.5 Å². The molecule has 0 spiro atoms. The Labute approximate surface area is 182 Å². The molecular formula is C23H20F2N4O3. The predicted molar refractivity (Wildman–Crippen MR) is 116 cm³/mol. The number of carboxylic acid groups (broad SMARTS) is 1. The van der Waals surface area contributed by atoms with E-state index in [0.29, 0.717) is 17.8 Å². The van der Waals surface area contributed by atoms with Gasteiger partial charge in [0.2, 0.25) is 0 Å². The molecule has 0 aliphatic carbocycles. The van der Waals surface area contributed by atoms with Crippen molar-refractivity contribution in [3.05, 3.63) is 82.9 Å². The first-order valence-corrected chi connectivity index (χ1v) is 9.78. The van der Waals surface area contributed by atoms with Gasteiger partial charge in [-0.1, -0.05) is 18.2 Å². The number of hydrogen-bond acceptors (Lipinski definition) is 5.